The first-order chi connectivity index (χ1) is 6.77. The van der Waals surface area contributed by atoms with Crippen molar-refractivity contribution in [3.05, 3.63) is 42.5 Å². The van der Waals surface area contributed by atoms with E-state index >= 15 is 0 Å². The highest BCUT2D eigenvalue weighted by Gasteiger charge is 1.99. The molecule has 1 heterocycles. The fraction of sp³-hybridized carbons (Fsp3) is 0.0909. The van der Waals surface area contributed by atoms with Crippen molar-refractivity contribution in [2.45, 2.75) is 6.92 Å². The van der Waals surface area contributed by atoms with E-state index in [1.54, 1.807) is 12.4 Å². The summed E-state index contributed by atoms with van der Waals surface area (Å²) in [5.74, 6) is 0. The quantitative estimate of drug-likeness (QED) is 0.691. The fourth-order valence-electron chi connectivity index (χ4n) is 1.27. The maximum absolute atomic E-state index is 5.82. The number of nitrogens with zero attached hydrogens (tertiary/aromatic N) is 2. The van der Waals surface area contributed by atoms with E-state index in [0.29, 0.717) is 0 Å². The number of benzene rings is 1. The number of hydrogen-bond donors (Lipinski definition) is 1. The Morgan fingerprint density at radius 2 is 1.79 bits per heavy atom. The predicted molar refractivity (Wildman–Crippen MR) is 56.6 cm³/mol. The minimum Gasteiger partial charge on any atom is -0.398 e. The second kappa shape index (κ2) is 3.46. The first kappa shape index (κ1) is 8.69. The molecule has 0 amide bonds. The van der Waals surface area contributed by atoms with Crippen LogP contribution >= 0.6 is 0 Å². The van der Waals surface area contributed by atoms with E-state index < -0.39 is 0 Å². The third-order valence-corrected chi connectivity index (χ3v) is 2.17. The van der Waals surface area contributed by atoms with Crippen LogP contribution in [-0.4, -0.2) is 9.97 Å². The molecule has 0 aliphatic carbocycles. The average molecular weight is 185 g/mol. The molecular weight excluding hydrogens is 174 g/mol. The third-order valence-electron chi connectivity index (χ3n) is 2.17. The van der Waals surface area contributed by atoms with Crippen molar-refractivity contribution < 1.29 is 0 Å². The van der Waals surface area contributed by atoms with Crippen LogP contribution in [0.25, 0.3) is 11.1 Å². The molecule has 0 saturated carbocycles. The van der Waals surface area contributed by atoms with Gasteiger partial charge in [-0.2, -0.15) is 0 Å². The second-order valence-electron chi connectivity index (χ2n) is 3.20. The molecule has 2 N–H and O–H groups in total. The molecule has 0 unspecified atom stereocenters. The molecule has 0 radical (unpaired) electrons. The Morgan fingerprint density at radius 3 is 2.43 bits per heavy atom. The standard InChI is InChI=1S/C11H11N3/c1-8-2-3-9(4-11(8)12)10-5-13-7-14-6-10/h2-7H,12H2,1H3. The van der Waals surface area contributed by atoms with E-state index in [0.717, 1.165) is 22.4 Å². The summed E-state index contributed by atoms with van der Waals surface area (Å²) in [4.78, 5) is 7.92. The van der Waals surface area contributed by atoms with Gasteiger partial charge in [0.25, 0.3) is 0 Å². The molecule has 0 saturated heterocycles. The number of anilines is 1. The van der Waals surface area contributed by atoms with E-state index in [9.17, 15) is 0 Å². The number of nitrogens with two attached hydrogens (primary N) is 1. The second-order valence-corrected chi connectivity index (χ2v) is 3.20. The molecule has 0 fully saturated rings. The molecule has 70 valence electrons. The van der Waals surface area contributed by atoms with E-state index in [4.69, 9.17) is 5.73 Å². The van der Waals surface area contributed by atoms with Crippen molar-refractivity contribution in [2.24, 2.45) is 0 Å². The first-order valence-electron chi connectivity index (χ1n) is 4.39. The van der Waals surface area contributed by atoms with Gasteiger partial charge in [-0.05, 0) is 24.1 Å². The van der Waals surface area contributed by atoms with Crippen LogP contribution in [-0.2, 0) is 0 Å². The van der Waals surface area contributed by atoms with Gasteiger partial charge >= 0.3 is 0 Å². The predicted octanol–water partition coefficient (Wildman–Crippen LogP) is 2.03. The highest BCUT2D eigenvalue weighted by atomic mass is 14.8. The number of aryl methyl sites for hydroxylation is 1. The van der Waals surface area contributed by atoms with Gasteiger partial charge in [0.1, 0.15) is 6.33 Å². The summed E-state index contributed by atoms with van der Waals surface area (Å²) >= 11 is 0. The Morgan fingerprint density at radius 1 is 1.07 bits per heavy atom. The van der Waals surface area contributed by atoms with E-state index in [-0.39, 0.29) is 0 Å². The Labute approximate surface area is 82.6 Å². The summed E-state index contributed by atoms with van der Waals surface area (Å²) in [6.45, 7) is 1.99. The zero-order valence-corrected chi connectivity index (χ0v) is 7.94. The lowest BCUT2D eigenvalue weighted by Gasteiger charge is -2.03. The highest BCUT2D eigenvalue weighted by Crippen LogP contribution is 2.21. The number of hydrogen-bond acceptors (Lipinski definition) is 3. The minimum absolute atomic E-state index is 0.798. The summed E-state index contributed by atoms with van der Waals surface area (Å²) in [6, 6.07) is 5.95. The number of nitrogen functional groups attached to an aromatic ring is 1. The van der Waals surface area contributed by atoms with E-state index in [1.807, 2.05) is 25.1 Å². The van der Waals surface area contributed by atoms with Gasteiger partial charge in [0, 0.05) is 23.6 Å². The number of rotatable bonds is 1. The van der Waals surface area contributed by atoms with Gasteiger partial charge in [-0.25, -0.2) is 9.97 Å². The van der Waals surface area contributed by atoms with Crippen molar-refractivity contribution in [1.29, 1.82) is 0 Å². The van der Waals surface area contributed by atoms with Crippen molar-refractivity contribution in [1.82, 2.24) is 9.97 Å². The molecule has 3 heteroatoms. The topological polar surface area (TPSA) is 51.8 Å². The largest absolute Gasteiger partial charge is 0.398 e. The van der Waals surface area contributed by atoms with Gasteiger partial charge in [0.05, 0.1) is 0 Å². The Bertz CT molecular complexity index is 438. The molecule has 0 spiro atoms. The molecule has 0 aliphatic heterocycles. The smallest absolute Gasteiger partial charge is 0.115 e. The summed E-state index contributed by atoms with van der Waals surface area (Å²) in [5.41, 5.74) is 9.74. The maximum atomic E-state index is 5.82. The van der Waals surface area contributed by atoms with Crippen LogP contribution in [0.2, 0.25) is 0 Å². The van der Waals surface area contributed by atoms with Crippen LogP contribution < -0.4 is 5.73 Å². The number of aromatic nitrogens is 2. The van der Waals surface area contributed by atoms with Gasteiger partial charge < -0.3 is 5.73 Å². The highest BCUT2D eigenvalue weighted by molar-refractivity contribution is 5.67. The Hall–Kier alpha value is -1.90. The molecule has 14 heavy (non-hydrogen) atoms. The molecular formula is C11H11N3. The van der Waals surface area contributed by atoms with E-state index in [1.165, 1.54) is 6.33 Å². The van der Waals surface area contributed by atoms with Crippen molar-refractivity contribution >= 4 is 5.69 Å². The van der Waals surface area contributed by atoms with Gasteiger partial charge in [-0.3, -0.25) is 0 Å². The average Bonchev–Trinajstić information content (AvgIpc) is 2.23. The Balaban J connectivity index is 2.48. The molecule has 0 aliphatic rings. The monoisotopic (exact) mass is 185 g/mol. The van der Waals surface area contributed by atoms with Crippen molar-refractivity contribution in [2.75, 3.05) is 5.73 Å². The summed E-state index contributed by atoms with van der Waals surface area (Å²) < 4.78 is 0. The zero-order chi connectivity index (χ0) is 9.97. The molecule has 0 atom stereocenters. The van der Waals surface area contributed by atoms with Crippen LogP contribution in [0.15, 0.2) is 36.9 Å². The van der Waals surface area contributed by atoms with E-state index in [2.05, 4.69) is 9.97 Å². The lowest BCUT2D eigenvalue weighted by Crippen LogP contribution is -1.90. The normalized spacial score (nSPS) is 10.1. The van der Waals surface area contributed by atoms with Crippen molar-refractivity contribution in [3.8, 4) is 11.1 Å². The Kier molecular flexibility index (Phi) is 2.14. The summed E-state index contributed by atoms with van der Waals surface area (Å²) in [5, 5.41) is 0. The molecule has 1 aromatic carbocycles. The van der Waals surface area contributed by atoms with Crippen LogP contribution in [0.1, 0.15) is 5.56 Å². The molecule has 2 rings (SSSR count). The van der Waals surface area contributed by atoms with Gasteiger partial charge in [0.2, 0.25) is 0 Å². The summed E-state index contributed by atoms with van der Waals surface area (Å²) in [6.07, 6.45) is 5.06. The lowest BCUT2D eigenvalue weighted by molar-refractivity contribution is 1.17. The molecule has 2 aromatic rings. The third kappa shape index (κ3) is 1.57. The van der Waals surface area contributed by atoms with Crippen LogP contribution in [0, 0.1) is 6.92 Å². The van der Waals surface area contributed by atoms with Crippen LogP contribution in [0.4, 0.5) is 5.69 Å². The van der Waals surface area contributed by atoms with Gasteiger partial charge in [0.15, 0.2) is 0 Å². The van der Waals surface area contributed by atoms with Gasteiger partial charge in [-0.15, -0.1) is 0 Å². The van der Waals surface area contributed by atoms with Crippen LogP contribution in [0.5, 0.6) is 0 Å². The minimum atomic E-state index is 0.798. The molecule has 3 nitrogen and oxygen atoms in total. The zero-order valence-electron chi connectivity index (χ0n) is 7.94. The lowest BCUT2D eigenvalue weighted by atomic mass is 10.1. The SMILES string of the molecule is Cc1ccc(-c2cncnc2)cc1N. The van der Waals surface area contributed by atoms with Crippen molar-refractivity contribution in [3.63, 3.8) is 0 Å². The first-order valence-corrected chi connectivity index (χ1v) is 4.39. The maximum Gasteiger partial charge on any atom is 0.115 e. The fourth-order valence-corrected chi connectivity index (χ4v) is 1.27. The molecule has 0 bridgehead atoms. The molecule has 1 aromatic heterocycles. The summed E-state index contributed by atoms with van der Waals surface area (Å²) in [7, 11) is 0. The van der Waals surface area contributed by atoms with Gasteiger partial charge in [-0.1, -0.05) is 12.1 Å². The van der Waals surface area contributed by atoms with Crippen LogP contribution in [0.3, 0.4) is 0 Å².